The maximum Gasteiger partial charge on any atom is 0.241 e. The second kappa shape index (κ2) is 13.3. The fraction of sp³-hybridized carbons (Fsp3) is 0.667. The summed E-state index contributed by atoms with van der Waals surface area (Å²) in [5, 5.41) is 6.29. The Bertz CT molecular complexity index is 669. The second-order valence-electron chi connectivity index (χ2n) is 8.26. The van der Waals surface area contributed by atoms with E-state index in [0.717, 1.165) is 57.9 Å². The van der Waals surface area contributed by atoms with Gasteiger partial charge in [-0.2, -0.15) is 0 Å². The molecule has 3 rings (SSSR count). The van der Waals surface area contributed by atoms with E-state index in [-0.39, 0.29) is 24.7 Å². The van der Waals surface area contributed by atoms with Gasteiger partial charge in [-0.1, -0.05) is 30.3 Å². The summed E-state index contributed by atoms with van der Waals surface area (Å²) >= 11 is 0. The van der Waals surface area contributed by atoms with Gasteiger partial charge in [-0.25, -0.2) is 4.99 Å². The Labute approximate surface area is 186 Å². The standard InChI is InChI=1S/C24H38N4O3/c1-2-25-24(27-18-23(29)26-14-11-20-8-4-3-5-9-20)28-15-12-21(13-16-28)31-19-22-10-6-7-17-30-22/h3-5,8-9,21-22H,2,6-7,10-19H2,1H3,(H,25,27)(H,26,29). The van der Waals surface area contributed by atoms with E-state index in [2.05, 4.69) is 39.6 Å². The minimum absolute atomic E-state index is 0.0444. The van der Waals surface area contributed by atoms with Gasteiger partial charge in [0.2, 0.25) is 5.91 Å². The van der Waals surface area contributed by atoms with Crippen LogP contribution in [0.4, 0.5) is 0 Å². The van der Waals surface area contributed by atoms with Gasteiger partial charge in [-0.3, -0.25) is 4.79 Å². The number of benzene rings is 1. The second-order valence-corrected chi connectivity index (χ2v) is 8.26. The SMILES string of the molecule is CCNC(=NCC(=O)NCCc1ccccc1)N1CCC(OCC2CCCCO2)CC1. The highest BCUT2D eigenvalue weighted by atomic mass is 16.5. The molecule has 1 unspecified atom stereocenters. The Hall–Kier alpha value is -2.12. The molecule has 7 heteroatoms. The normalized spacial score (nSPS) is 20.5. The van der Waals surface area contributed by atoms with Gasteiger partial charge in [0, 0.05) is 32.8 Å². The summed E-state index contributed by atoms with van der Waals surface area (Å²) in [5.74, 6) is 0.770. The number of nitrogens with one attached hydrogen (secondary N) is 2. The van der Waals surface area contributed by atoms with Gasteiger partial charge >= 0.3 is 0 Å². The van der Waals surface area contributed by atoms with Crippen LogP contribution in [0.2, 0.25) is 0 Å². The number of aliphatic imine (C=N–C) groups is 1. The summed E-state index contributed by atoms with van der Waals surface area (Å²) in [6, 6.07) is 10.2. The van der Waals surface area contributed by atoms with Crippen LogP contribution in [0, 0.1) is 0 Å². The third-order valence-electron chi connectivity index (χ3n) is 5.82. The van der Waals surface area contributed by atoms with Crippen LogP contribution in [0.25, 0.3) is 0 Å². The van der Waals surface area contributed by atoms with Crippen molar-refractivity contribution in [2.75, 3.05) is 45.9 Å². The van der Waals surface area contributed by atoms with Crippen molar-refractivity contribution in [1.29, 1.82) is 0 Å². The minimum atomic E-state index is -0.0444. The van der Waals surface area contributed by atoms with Crippen molar-refractivity contribution in [2.45, 2.75) is 57.7 Å². The van der Waals surface area contributed by atoms with E-state index in [1.54, 1.807) is 0 Å². The molecule has 0 radical (unpaired) electrons. The number of likely N-dealkylation sites (tertiary alicyclic amines) is 1. The van der Waals surface area contributed by atoms with Crippen LogP contribution in [0.15, 0.2) is 35.3 Å². The minimum Gasteiger partial charge on any atom is -0.376 e. The highest BCUT2D eigenvalue weighted by molar-refractivity contribution is 5.85. The molecule has 0 saturated carbocycles. The number of rotatable bonds is 9. The van der Waals surface area contributed by atoms with Crippen molar-refractivity contribution < 1.29 is 14.3 Å². The van der Waals surface area contributed by atoms with Crippen molar-refractivity contribution in [1.82, 2.24) is 15.5 Å². The molecule has 2 saturated heterocycles. The molecule has 0 aliphatic carbocycles. The highest BCUT2D eigenvalue weighted by Crippen LogP contribution is 2.18. The molecular weight excluding hydrogens is 392 g/mol. The van der Waals surface area contributed by atoms with Gasteiger partial charge < -0.3 is 25.0 Å². The van der Waals surface area contributed by atoms with Gasteiger partial charge in [0.05, 0.1) is 18.8 Å². The average molecular weight is 431 g/mol. The summed E-state index contributed by atoms with van der Waals surface area (Å²) in [6.45, 7) is 6.96. The number of hydrogen-bond donors (Lipinski definition) is 2. The van der Waals surface area contributed by atoms with E-state index < -0.39 is 0 Å². The average Bonchev–Trinajstić information content (AvgIpc) is 2.82. The summed E-state index contributed by atoms with van der Waals surface area (Å²) in [5.41, 5.74) is 1.22. The zero-order chi connectivity index (χ0) is 21.7. The zero-order valence-electron chi connectivity index (χ0n) is 18.9. The van der Waals surface area contributed by atoms with Crippen LogP contribution in [0.3, 0.4) is 0 Å². The fourth-order valence-corrected chi connectivity index (χ4v) is 4.04. The largest absolute Gasteiger partial charge is 0.376 e. The molecule has 0 aromatic heterocycles. The predicted molar refractivity (Wildman–Crippen MR) is 123 cm³/mol. The summed E-state index contributed by atoms with van der Waals surface area (Å²) in [4.78, 5) is 19.0. The predicted octanol–water partition coefficient (Wildman–Crippen LogP) is 2.36. The Morgan fingerprint density at radius 1 is 1.16 bits per heavy atom. The topological polar surface area (TPSA) is 75.2 Å². The summed E-state index contributed by atoms with van der Waals surface area (Å²) < 4.78 is 11.9. The summed E-state index contributed by atoms with van der Waals surface area (Å²) in [7, 11) is 0. The van der Waals surface area contributed by atoms with E-state index in [1.807, 2.05) is 18.2 Å². The van der Waals surface area contributed by atoms with E-state index in [4.69, 9.17) is 9.47 Å². The fourth-order valence-electron chi connectivity index (χ4n) is 4.04. The number of carbonyl (C=O) groups excluding carboxylic acids is 1. The smallest absolute Gasteiger partial charge is 0.241 e. The van der Waals surface area contributed by atoms with Crippen molar-refractivity contribution >= 4 is 11.9 Å². The van der Waals surface area contributed by atoms with Crippen molar-refractivity contribution in [2.24, 2.45) is 4.99 Å². The third-order valence-corrected chi connectivity index (χ3v) is 5.82. The number of nitrogens with zero attached hydrogens (tertiary/aromatic N) is 2. The quantitative estimate of drug-likeness (QED) is 0.465. The molecule has 1 atom stereocenters. The maximum absolute atomic E-state index is 12.2. The third kappa shape index (κ3) is 8.50. The number of piperidine rings is 1. The van der Waals surface area contributed by atoms with Crippen molar-refractivity contribution in [3.05, 3.63) is 35.9 Å². The lowest BCUT2D eigenvalue weighted by molar-refractivity contribution is -0.119. The van der Waals surface area contributed by atoms with Gasteiger partial charge in [0.25, 0.3) is 0 Å². The number of hydrogen-bond acceptors (Lipinski definition) is 4. The Morgan fingerprint density at radius 3 is 2.68 bits per heavy atom. The number of carbonyl (C=O) groups is 1. The van der Waals surface area contributed by atoms with Crippen molar-refractivity contribution in [3.63, 3.8) is 0 Å². The first-order chi connectivity index (χ1) is 15.2. The van der Waals surface area contributed by atoms with Crippen LogP contribution >= 0.6 is 0 Å². The molecule has 1 aromatic rings. The molecule has 1 amide bonds. The van der Waals surface area contributed by atoms with Crippen LogP contribution < -0.4 is 10.6 Å². The number of ether oxygens (including phenoxy) is 2. The molecule has 1 aromatic carbocycles. The number of amides is 1. The molecule has 2 aliphatic rings. The van der Waals surface area contributed by atoms with Crippen LogP contribution in [-0.4, -0.2) is 74.9 Å². The molecule has 2 aliphatic heterocycles. The molecule has 172 valence electrons. The van der Waals surface area contributed by atoms with E-state index in [0.29, 0.717) is 13.2 Å². The van der Waals surface area contributed by atoms with Crippen molar-refractivity contribution in [3.8, 4) is 0 Å². The first-order valence-corrected chi connectivity index (χ1v) is 11.8. The molecule has 2 fully saturated rings. The van der Waals surface area contributed by atoms with E-state index >= 15 is 0 Å². The zero-order valence-corrected chi connectivity index (χ0v) is 18.9. The van der Waals surface area contributed by atoms with Gasteiger partial charge in [0.15, 0.2) is 5.96 Å². The molecular formula is C24H38N4O3. The molecule has 0 spiro atoms. The molecule has 2 N–H and O–H groups in total. The first-order valence-electron chi connectivity index (χ1n) is 11.8. The molecule has 2 heterocycles. The maximum atomic E-state index is 12.2. The Balaban J connectivity index is 1.37. The van der Waals surface area contributed by atoms with Crippen LogP contribution in [0.1, 0.15) is 44.6 Å². The Kier molecular flexibility index (Phi) is 10.1. The van der Waals surface area contributed by atoms with Gasteiger partial charge in [0.1, 0.15) is 6.54 Å². The molecule has 7 nitrogen and oxygen atoms in total. The Morgan fingerprint density at radius 2 is 1.97 bits per heavy atom. The van der Waals surface area contributed by atoms with Gasteiger partial charge in [-0.05, 0) is 51.0 Å². The molecule has 0 bridgehead atoms. The lowest BCUT2D eigenvalue weighted by Gasteiger charge is -2.35. The monoisotopic (exact) mass is 430 g/mol. The lowest BCUT2D eigenvalue weighted by atomic mass is 10.1. The highest BCUT2D eigenvalue weighted by Gasteiger charge is 2.23. The van der Waals surface area contributed by atoms with E-state index in [9.17, 15) is 4.79 Å². The number of guanidine groups is 1. The molecule has 31 heavy (non-hydrogen) atoms. The van der Waals surface area contributed by atoms with Crippen LogP contribution in [0.5, 0.6) is 0 Å². The summed E-state index contributed by atoms with van der Waals surface area (Å²) in [6.07, 6.45) is 6.86. The lowest BCUT2D eigenvalue weighted by Crippen LogP contribution is -2.47. The van der Waals surface area contributed by atoms with E-state index in [1.165, 1.54) is 18.4 Å². The van der Waals surface area contributed by atoms with Crippen LogP contribution in [-0.2, 0) is 20.7 Å². The van der Waals surface area contributed by atoms with Gasteiger partial charge in [-0.15, -0.1) is 0 Å². The first kappa shape index (κ1) is 23.5.